The van der Waals surface area contributed by atoms with E-state index in [4.69, 9.17) is 5.73 Å². The van der Waals surface area contributed by atoms with Gasteiger partial charge >= 0.3 is 0 Å². The van der Waals surface area contributed by atoms with E-state index in [1.165, 1.54) is 42.1 Å². The van der Waals surface area contributed by atoms with Crippen LogP contribution in [0.4, 0.5) is 17.1 Å². The third-order valence-electron chi connectivity index (χ3n) is 11.6. The van der Waals surface area contributed by atoms with Crippen LogP contribution in [-0.4, -0.2) is 57.3 Å². The number of aromatic amines is 3. The third-order valence-corrected chi connectivity index (χ3v) is 16.2. The molecule has 0 bridgehead atoms. The Bertz CT molecular complexity index is 4290. The molecule has 350 valence electrons. The summed E-state index contributed by atoms with van der Waals surface area (Å²) in [6.07, 6.45) is 0. The average molecular weight is 998 g/mol. The van der Waals surface area contributed by atoms with Crippen LogP contribution >= 0.6 is 11.8 Å². The van der Waals surface area contributed by atoms with Crippen LogP contribution in [0.25, 0.3) is 65.0 Å². The van der Waals surface area contributed by atoms with E-state index >= 15 is 0 Å². The maximum absolute atomic E-state index is 13.2. The molecular weight excluding hydrogens is 963 g/mol. The molecule has 0 amide bonds. The van der Waals surface area contributed by atoms with E-state index in [0.29, 0.717) is 32.9 Å². The van der Waals surface area contributed by atoms with Crippen LogP contribution in [0.15, 0.2) is 212 Å². The van der Waals surface area contributed by atoms with Crippen LogP contribution in [0.1, 0.15) is 0 Å². The molecule has 0 saturated carbocycles. The van der Waals surface area contributed by atoms with E-state index in [1.54, 1.807) is 66.7 Å². The molecule has 9 aromatic carbocycles. The Hall–Kier alpha value is -8.98. The SMILES string of the molecule is Nc1ccc2n[nH]c(S(=O)(=O)c3cccc4ccccc34)c2c1.O=[N+]([O-])c1ccc2[nH]nc(Sc3cccc4ccccc34)c2c1.O=[N+]([O-])c1ccc2n[nH]c(S(=O)(=O)c3cccc4ccccc34)c2c1. The maximum atomic E-state index is 13.2. The molecule has 71 heavy (non-hydrogen) atoms. The number of nitrogen functional groups attached to an aromatic ring is 1. The van der Waals surface area contributed by atoms with Crippen molar-refractivity contribution in [1.29, 1.82) is 0 Å². The molecule has 20 heteroatoms. The normalized spacial score (nSPS) is 11.7. The number of fused-ring (bicyclic) bond motifs is 6. The van der Waals surface area contributed by atoms with Crippen LogP contribution in [0, 0.1) is 20.2 Å². The Balaban J connectivity index is 0.000000123. The van der Waals surface area contributed by atoms with Crippen LogP contribution in [-0.2, 0) is 19.7 Å². The largest absolute Gasteiger partial charge is 0.399 e. The molecule has 0 aliphatic rings. The number of nitrogens with one attached hydrogen (secondary N) is 3. The first kappa shape index (κ1) is 45.8. The zero-order valence-electron chi connectivity index (χ0n) is 36.6. The van der Waals surface area contributed by atoms with Gasteiger partial charge in [-0.1, -0.05) is 121 Å². The van der Waals surface area contributed by atoms with Crippen molar-refractivity contribution >= 4 is 114 Å². The highest BCUT2D eigenvalue weighted by atomic mass is 32.2. The summed E-state index contributed by atoms with van der Waals surface area (Å²) < 4.78 is 52.6. The first-order valence-corrected chi connectivity index (χ1v) is 25.2. The lowest BCUT2D eigenvalue weighted by atomic mass is 10.1. The first-order valence-electron chi connectivity index (χ1n) is 21.4. The number of hydrogen-bond donors (Lipinski definition) is 4. The Labute approximate surface area is 406 Å². The van der Waals surface area contributed by atoms with Crippen LogP contribution in [0.2, 0.25) is 0 Å². The number of nitrogens with two attached hydrogens (primary N) is 1. The zero-order chi connectivity index (χ0) is 49.4. The van der Waals surface area contributed by atoms with E-state index < -0.39 is 29.5 Å². The number of aromatic nitrogens is 6. The standard InChI is InChI=1S/C17H11N3O4S.C17H11N3O2S.C17H13N3O2S/c21-20(22)12-8-9-15-14(10-12)17(19-18-15)25(23,24)16-7-3-5-11-4-1-2-6-13(11)16;21-20(22)12-8-9-15-14(10-12)17(19-18-15)23-16-7-3-5-11-4-1-2-6-13(11)16;18-12-8-9-15-14(10-12)17(20-19-15)23(21,22)16-7-3-5-11-4-1-2-6-13(11)16/h1-10H,(H,18,19);1-10H,(H,18,19);1-10H,18H2,(H,19,20). The minimum atomic E-state index is -3.93. The third kappa shape index (κ3) is 8.73. The van der Waals surface area contributed by atoms with Crippen LogP contribution < -0.4 is 5.73 Å². The summed E-state index contributed by atoms with van der Waals surface area (Å²) in [6, 6.07) is 52.7. The highest BCUT2D eigenvalue weighted by Gasteiger charge is 2.27. The van der Waals surface area contributed by atoms with Gasteiger partial charge in [0.25, 0.3) is 11.4 Å². The highest BCUT2D eigenvalue weighted by molar-refractivity contribution is 7.99. The number of sulfone groups is 2. The number of nitrogens with zero attached hydrogens (tertiary/aromatic N) is 5. The van der Waals surface area contributed by atoms with Crippen molar-refractivity contribution in [2.45, 2.75) is 29.8 Å². The molecule has 12 aromatic rings. The van der Waals surface area contributed by atoms with E-state index in [1.807, 2.05) is 66.7 Å². The van der Waals surface area contributed by atoms with Gasteiger partial charge in [-0.15, -0.1) is 0 Å². The van der Waals surface area contributed by atoms with Crippen LogP contribution in [0.5, 0.6) is 0 Å². The number of non-ortho nitro benzene ring substituents is 2. The van der Waals surface area contributed by atoms with Gasteiger partial charge in [0.1, 0.15) is 5.03 Å². The highest BCUT2D eigenvalue weighted by Crippen LogP contribution is 2.38. The summed E-state index contributed by atoms with van der Waals surface area (Å²) in [7, 11) is -7.67. The number of rotatable bonds is 8. The Kier molecular flexibility index (Phi) is 11.9. The Morgan fingerprint density at radius 3 is 1.46 bits per heavy atom. The van der Waals surface area contributed by atoms with Gasteiger partial charge in [0, 0.05) is 61.8 Å². The Morgan fingerprint density at radius 2 is 0.901 bits per heavy atom. The van der Waals surface area contributed by atoms with E-state index in [0.717, 1.165) is 42.4 Å². The molecule has 3 heterocycles. The summed E-state index contributed by atoms with van der Waals surface area (Å²) in [5.74, 6) is 0. The number of nitro benzene ring substituents is 2. The zero-order valence-corrected chi connectivity index (χ0v) is 39.1. The van der Waals surface area contributed by atoms with Gasteiger partial charge < -0.3 is 5.73 Å². The fraction of sp³-hybridized carbons (Fsp3) is 0. The maximum Gasteiger partial charge on any atom is 0.270 e. The fourth-order valence-corrected chi connectivity index (χ4v) is 12.3. The predicted molar refractivity (Wildman–Crippen MR) is 273 cm³/mol. The molecule has 0 saturated heterocycles. The van der Waals surface area contributed by atoms with E-state index in [9.17, 15) is 37.1 Å². The molecule has 0 unspecified atom stereocenters. The molecule has 0 aliphatic heterocycles. The van der Waals surface area contributed by atoms with Crippen molar-refractivity contribution in [1.82, 2.24) is 30.6 Å². The average Bonchev–Trinajstić information content (AvgIpc) is 4.14. The van der Waals surface area contributed by atoms with Crippen LogP contribution in [0.3, 0.4) is 0 Å². The number of H-pyrrole nitrogens is 3. The fourth-order valence-electron chi connectivity index (χ4n) is 8.14. The summed E-state index contributed by atoms with van der Waals surface area (Å²) >= 11 is 1.51. The van der Waals surface area contributed by atoms with Crippen molar-refractivity contribution in [2.75, 3.05) is 5.73 Å². The van der Waals surface area contributed by atoms with Gasteiger partial charge in [-0.05, 0) is 70.1 Å². The van der Waals surface area contributed by atoms with Gasteiger partial charge in [0.05, 0.1) is 36.2 Å². The lowest BCUT2D eigenvalue weighted by Crippen LogP contribution is -2.04. The molecule has 5 N–H and O–H groups in total. The topological polar surface area (TPSA) is 267 Å². The van der Waals surface area contributed by atoms with Gasteiger partial charge in [-0.3, -0.25) is 35.5 Å². The smallest absolute Gasteiger partial charge is 0.270 e. The molecule has 0 radical (unpaired) electrons. The number of anilines is 1. The van der Waals surface area contributed by atoms with Crippen molar-refractivity contribution in [2.24, 2.45) is 0 Å². The first-order chi connectivity index (χ1) is 34.3. The molecule has 17 nitrogen and oxygen atoms in total. The molecule has 0 aliphatic carbocycles. The minimum Gasteiger partial charge on any atom is -0.399 e. The summed E-state index contributed by atoms with van der Waals surface area (Å²) in [5, 5.41) is 49.8. The monoisotopic (exact) mass is 997 g/mol. The second-order valence-electron chi connectivity index (χ2n) is 15.9. The van der Waals surface area contributed by atoms with Crippen molar-refractivity contribution in [3.05, 3.63) is 202 Å². The quantitative estimate of drug-likeness (QED) is 0.0627. The number of nitro groups is 2. The minimum absolute atomic E-state index is 0.0659. The molecule has 12 rings (SSSR count). The summed E-state index contributed by atoms with van der Waals surface area (Å²) in [6.45, 7) is 0. The van der Waals surface area contributed by atoms with E-state index in [2.05, 4.69) is 48.8 Å². The van der Waals surface area contributed by atoms with Gasteiger partial charge in [-0.25, -0.2) is 16.8 Å². The van der Waals surface area contributed by atoms with Gasteiger partial charge in [-0.2, -0.15) is 15.3 Å². The molecule has 0 fully saturated rings. The van der Waals surface area contributed by atoms with Crippen molar-refractivity contribution in [3.63, 3.8) is 0 Å². The predicted octanol–water partition coefficient (Wildman–Crippen LogP) is 11.4. The molecule has 0 spiro atoms. The molecule has 0 atom stereocenters. The number of benzene rings is 9. The molecule has 3 aromatic heterocycles. The van der Waals surface area contributed by atoms with Crippen molar-refractivity contribution in [3.8, 4) is 0 Å². The summed E-state index contributed by atoms with van der Waals surface area (Å²) in [4.78, 5) is 22.5. The van der Waals surface area contributed by atoms with Gasteiger partial charge in [0.15, 0.2) is 10.1 Å². The second kappa shape index (κ2) is 18.5. The summed E-state index contributed by atoms with van der Waals surface area (Å²) in [5.41, 5.74) is 7.87. The number of hydrogen-bond acceptors (Lipinski definition) is 13. The Morgan fingerprint density at radius 1 is 0.451 bits per heavy atom. The lowest BCUT2D eigenvalue weighted by molar-refractivity contribution is -0.384. The lowest BCUT2D eigenvalue weighted by Gasteiger charge is -2.07. The molecular formula is C51H35N9O8S3. The van der Waals surface area contributed by atoms with E-state index in [-0.39, 0.29) is 36.6 Å². The second-order valence-corrected chi connectivity index (χ2v) is 20.6. The van der Waals surface area contributed by atoms with Crippen molar-refractivity contribution < 1.29 is 26.7 Å². The van der Waals surface area contributed by atoms with Gasteiger partial charge in [0.2, 0.25) is 19.7 Å².